The molecule has 1 aliphatic heterocycles. The first-order valence-corrected chi connectivity index (χ1v) is 6.29. The highest BCUT2D eigenvalue weighted by Crippen LogP contribution is 2.31. The SMILES string of the molecule is CCC1(CCCCCC[18F])C(=O)NC(=O)NC1=O. The van der Waals surface area contributed by atoms with E-state index in [9.17, 15) is 18.8 Å². The lowest BCUT2D eigenvalue weighted by molar-refractivity contribution is -0.145. The number of hydrogen-bond donors (Lipinski definition) is 2. The molecule has 0 atom stereocenters. The second kappa shape index (κ2) is 6.47. The fourth-order valence-electron chi connectivity index (χ4n) is 2.18. The molecular formula is C12H19FN2O3. The molecule has 0 aromatic rings. The molecule has 18 heavy (non-hydrogen) atoms. The molecule has 0 saturated carbocycles. The first kappa shape index (κ1) is 14.6. The van der Waals surface area contributed by atoms with Crippen LogP contribution in [0, 0.1) is 5.41 Å². The summed E-state index contributed by atoms with van der Waals surface area (Å²) in [6.45, 7) is 1.41. The van der Waals surface area contributed by atoms with Gasteiger partial charge in [-0.2, -0.15) is 0 Å². The average molecular weight is 257 g/mol. The van der Waals surface area contributed by atoms with Gasteiger partial charge in [0.15, 0.2) is 0 Å². The maximum absolute atomic E-state index is 11.9. The third-order valence-electron chi connectivity index (χ3n) is 3.41. The zero-order valence-electron chi connectivity index (χ0n) is 10.6. The van der Waals surface area contributed by atoms with Gasteiger partial charge in [-0.3, -0.25) is 24.6 Å². The van der Waals surface area contributed by atoms with Gasteiger partial charge in [-0.25, -0.2) is 4.79 Å². The third-order valence-corrected chi connectivity index (χ3v) is 3.41. The van der Waals surface area contributed by atoms with Crippen molar-refractivity contribution in [3.05, 3.63) is 0 Å². The summed E-state index contributed by atoms with van der Waals surface area (Å²) in [5.41, 5.74) is -1.15. The molecule has 1 rings (SSSR count). The van der Waals surface area contributed by atoms with E-state index in [1.54, 1.807) is 6.92 Å². The van der Waals surface area contributed by atoms with Crippen LogP contribution in [0.1, 0.15) is 45.4 Å². The number of nitrogens with one attached hydrogen (secondary N) is 2. The van der Waals surface area contributed by atoms with Crippen LogP contribution in [0.2, 0.25) is 0 Å². The van der Waals surface area contributed by atoms with Crippen LogP contribution in [0.4, 0.5) is 9.18 Å². The summed E-state index contributed by atoms with van der Waals surface area (Å²) >= 11 is 0. The van der Waals surface area contributed by atoms with Crippen LogP contribution in [0.15, 0.2) is 0 Å². The number of alkyl halides is 1. The van der Waals surface area contributed by atoms with Crippen LogP contribution in [-0.4, -0.2) is 24.5 Å². The monoisotopic (exact) mass is 257 g/mol. The molecule has 0 spiro atoms. The number of urea groups is 1. The van der Waals surface area contributed by atoms with E-state index in [1.807, 2.05) is 0 Å². The van der Waals surface area contributed by atoms with Gasteiger partial charge in [0.25, 0.3) is 0 Å². The Balaban J connectivity index is 2.58. The maximum Gasteiger partial charge on any atom is 0.328 e. The highest BCUT2D eigenvalue weighted by Gasteiger charge is 2.48. The van der Waals surface area contributed by atoms with Gasteiger partial charge in [0.05, 0.1) is 6.67 Å². The number of amides is 4. The Kier molecular flexibility index (Phi) is 5.25. The first-order valence-electron chi connectivity index (χ1n) is 6.29. The summed E-state index contributed by atoms with van der Waals surface area (Å²) < 4.78 is 11.9. The fourth-order valence-corrected chi connectivity index (χ4v) is 2.18. The number of halogens is 1. The van der Waals surface area contributed by atoms with Crippen molar-refractivity contribution in [2.75, 3.05) is 6.67 Å². The first-order chi connectivity index (χ1) is 8.56. The molecule has 1 fully saturated rings. The van der Waals surface area contributed by atoms with E-state index in [0.717, 1.165) is 12.8 Å². The quantitative estimate of drug-likeness (QED) is 0.538. The Morgan fingerprint density at radius 1 is 1.00 bits per heavy atom. The van der Waals surface area contributed by atoms with Crippen molar-refractivity contribution >= 4 is 17.8 Å². The molecule has 0 radical (unpaired) electrons. The number of rotatable bonds is 7. The van der Waals surface area contributed by atoms with E-state index in [2.05, 4.69) is 10.6 Å². The van der Waals surface area contributed by atoms with Crippen molar-refractivity contribution in [2.24, 2.45) is 5.41 Å². The van der Waals surface area contributed by atoms with E-state index in [4.69, 9.17) is 0 Å². The van der Waals surface area contributed by atoms with Gasteiger partial charge in [-0.1, -0.05) is 26.2 Å². The third kappa shape index (κ3) is 3.05. The Morgan fingerprint density at radius 2 is 1.56 bits per heavy atom. The summed E-state index contributed by atoms with van der Waals surface area (Å²) in [5, 5.41) is 4.27. The molecule has 0 unspecified atom stereocenters. The Bertz CT molecular complexity index is 324. The molecule has 1 heterocycles. The zero-order chi connectivity index (χ0) is 13.6. The molecule has 6 heteroatoms. The van der Waals surface area contributed by atoms with Crippen LogP contribution in [0.5, 0.6) is 0 Å². The molecule has 4 amide bonds. The second-order valence-electron chi connectivity index (χ2n) is 4.53. The largest absolute Gasteiger partial charge is 0.328 e. The number of imide groups is 2. The Labute approximate surface area is 105 Å². The van der Waals surface area contributed by atoms with E-state index >= 15 is 0 Å². The molecule has 5 nitrogen and oxygen atoms in total. The van der Waals surface area contributed by atoms with Crippen molar-refractivity contribution in [2.45, 2.75) is 45.4 Å². The van der Waals surface area contributed by atoms with Crippen molar-refractivity contribution in [3.63, 3.8) is 0 Å². The van der Waals surface area contributed by atoms with Gasteiger partial charge < -0.3 is 0 Å². The zero-order valence-corrected chi connectivity index (χ0v) is 10.6. The average Bonchev–Trinajstić information content (AvgIpc) is 2.32. The van der Waals surface area contributed by atoms with Crippen LogP contribution >= 0.6 is 0 Å². The summed E-state index contributed by atoms with van der Waals surface area (Å²) in [4.78, 5) is 34.7. The minimum absolute atomic E-state index is 0.339. The van der Waals surface area contributed by atoms with Crippen LogP contribution < -0.4 is 10.6 Å². The highest BCUT2D eigenvalue weighted by molar-refractivity contribution is 6.19. The predicted octanol–water partition coefficient (Wildman–Crippen LogP) is 1.67. The molecule has 0 aromatic heterocycles. The Hall–Kier alpha value is -1.46. The molecule has 1 saturated heterocycles. The Morgan fingerprint density at radius 3 is 2.06 bits per heavy atom. The predicted molar refractivity (Wildman–Crippen MR) is 63.5 cm³/mol. The lowest BCUT2D eigenvalue weighted by Crippen LogP contribution is -2.62. The summed E-state index contributed by atoms with van der Waals surface area (Å²) in [6.07, 6.45) is 3.44. The highest BCUT2D eigenvalue weighted by atomic mass is 18.2. The molecule has 1 aliphatic rings. The molecule has 102 valence electrons. The van der Waals surface area contributed by atoms with Gasteiger partial charge in [0, 0.05) is 0 Å². The number of unbranched alkanes of at least 4 members (excludes halogenated alkanes) is 3. The fraction of sp³-hybridized carbons (Fsp3) is 0.750. The van der Waals surface area contributed by atoms with E-state index in [0.29, 0.717) is 25.7 Å². The molecule has 0 aromatic carbocycles. The smallest absolute Gasteiger partial charge is 0.277 e. The van der Waals surface area contributed by atoms with E-state index in [1.165, 1.54) is 0 Å². The van der Waals surface area contributed by atoms with Gasteiger partial charge in [-0.15, -0.1) is 0 Å². The maximum atomic E-state index is 11.9. The van der Waals surface area contributed by atoms with E-state index < -0.39 is 23.3 Å². The lowest BCUT2D eigenvalue weighted by atomic mass is 9.77. The van der Waals surface area contributed by atoms with Gasteiger partial charge in [0.2, 0.25) is 11.8 Å². The molecule has 0 aliphatic carbocycles. The van der Waals surface area contributed by atoms with Gasteiger partial charge in [-0.05, 0) is 19.3 Å². The van der Waals surface area contributed by atoms with Crippen LogP contribution in [0.25, 0.3) is 0 Å². The van der Waals surface area contributed by atoms with E-state index in [-0.39, 0.29) is 6.67 Å². The van der Waals surface area contributed by atoms with Crippen LogP contribution in [-0.2, 0) is 9.59 Å². The van der Waals surface area contributed by atoms with Crippen molar-refractivity contribution in [1.29, 1.82) is 0 Å². The molecule has 0 bridgehead atoms. The van der Waals surface area contributed by atoms with Crippen molar-refractivity contribution < 1.29 is 18.8 Å². The lowest BCUT2D eigenvalue weighted by Gasteiger charge is -2.32. The minimum atomic E-state index is -1.15. The number of hydrogen-bond acceptors (Lipinski definition) is 3. The standard InChI is InChI=1S/C12H19FN2O3/c1-2-12(7-5-3-4-6-8-13)9(16)14-11(18)15-10(12)17/h2-8H2,1H3,(H2,14,15,16,17,18)/i13-1. The van der Waals surface area contributed by atoms with Crippen molar-refractivity contribution in [1.82, 2.24) is 10.6 Å². The second-order valence-corrected chi connectivity index (χ2v) is 4.53. The topological polar surface area (TPSA) is 75.3 Å². The normalized spacial score (nSPS) is 18.4. The summed E-state index contributed by atoms with van der Waals surface area (Å²) in [6, 6.07) is -0.758. The number of carbonyl (C=O) groups excluding carboxylic acids is 3. The minimum Gasteiger partial charge on any atom is -0.277 e. The molecule has 2 N–H and O–H groups in total. The van der Waals surface area contributed by atoms with Gasteiger partial charge >= 0.3 is 6.03 Å². The molecular weight excluding hydrogens is 238 g/mol. The number of carbonyl (C=O) groups is 3. The van der Waals surface area contributed by atoms with Crippen molar-refractivity contribution in [3.8, 4) is 0 Å². The summed E-state index contributed by atoms with van der Waals surface area (Å²) in [7, 11) is 0. The van der Waals surface area contributed by atoms with Crippen LogP contribution in [0.3, 0.4) is 0 Å². The van der Waals surface area contributed by atoms with Gasteiger partial charge in [0.1, 0.15) is 5.41 Å². The number of barbiturate groups is 1. The summed E-state index contributed by atoms with van der Waals surface area (Å²) in [5.74, 6) is -1.05.